The second-order valence-corrected chi connectivity index (χ2v) is 3.01. The number of amides is 2. The highest BCUT2D eigenvalue weighted by atomic mass is 16.4. The first-order chi connectivity index (χ1) is 6.52. The normalized spacial score (nSPS) is 9.57. The van der Waals surface area contributed by atoms with Crippen molar-refractivity contribution in [3.8, 4) is 0 Å². The van der Waals surface area contributed by atoms with E-state index in [1.165, 1.54) is 7.05 Å². The molecule has 0 aliphatic carbocycles. The van der Waals surface area contributed by atoms with Gasteiger partial charge in [-0.25, -0.2) is 9.69 Å². The van der Waals surface area contributed by atoms with Crippen LogP contribution in [-0.2, 0) is 0 Å². The topological polar surface area (TPSA) is 57.6 Å². The monoisotopic (exact) mass is 193 g/mol. The number of imide groups is 1. The van der Waals surface area contributed by atoms with E-state index >= 15 is 0 Å². The molecule has 0 aliphatic rings. The minimum atomic E-state index is -1.25. The number of benzene rings is 1. The van der Waals surface area contributed by atoms with Crippen LogP contribution in [0.25, 0.3) is 0 Å². The van der Waals surface area contributed by atoms with Crippen molar-refractivity contribution >= 4 is 12.0 Å². The predicted molar refractivity (Wildman–Crippen MR) is 51.3 cm³/mol. The quantitative estimate of drug-likeness (QED) is 0.739. The van der Waals surface area contributed by atoms with Gasteiger partial charge in [0.25, 0.3) is 5.91 Å². The van der Waals surface area contributed by atoms with Crippen LogP contribution in [0.5, 0.6) is 0 Å². The van der Waals surface area contributed by atoms with Crippen LogP contribution < -0.4 is 0 Å². The largest absolute Gasteiger partial charge is 0.465 e. The Hall–Kier alpha value is -1.84. The Morgan fingerprint density at radius 2 is 1.71 bits per heavy atom. The van der Waals surface area contributed by atoms with Gasteiger partial charge in [0, 0.05) is 12.6 Å². The van der Waals surface area contributed by atoms with Crippen LogP contribution in [0.1, 0.15) is 15.9 Å². The summed E-state index contributed by atoms with van der Waals surface area (Å²) in [5.74, 6) is -0.516. The average molecular weight is 193 g/mol. The molecular formula is C10H11NO3. The van der Waals surface area contributed by atoms with E-state index in [9.17, 15) is 9.59 Å². The molecule has 14 heavy (non-hydrogen) atoms. The predicted octanol–water partition coefficient (Wildman–Crippen LogP) is 1.75. The molecule has 0 fully saturated rings. The Kier molecular flexibility index (Phi) is 2.86. The maximum Gasteiger partial charge on any atom is 0.414 e. The zero-order chi connectivity index (χ0) is 10.7. The molecular weight excluding hydrogens is 182 g/mol. The fourth-order valence-corrected chi connectivity index (χ4v) is 0.977. The molecule has 0 unspecified atom stereocenters. The molecule has 0 atom stereocenters. The smallest absolute Gasteiger partial charge is 0.414 e. The van der Waals surface area contributed by atoms with E-state index in [2.05, 4.69) is 0 Å². The summed E-state index contributed by atoms with van der Waals surface area (Å²) >= 11 is 0. The van der Waals surface area contributed by atoms with Crippen molar-refractivity contribution in [3.63, 3.8) is 0 Å². The van der Waals surface area contributed by atoms with Crippen LogP contribution >= 0.6 is 0 Å². The van der Waals surface area contributed by atoms with E-state index in [1.807, 2.05) is 6.92 Å². The van der Waals surface area contributed by atoms with Gasteiger partial charge in [0.1, 0.15) is 0 Å². The number of hydrogen-bond acceptors (Lipinski definition) is 2. The van der Waals surface area contributed by atoms with Crippen LogP contribution in [-0.4, -0.2) is 29.1 Å². The van der Waals surface area contributed by atoms with Gasteiger partial charge in [-0.15, -0.1) is 0 Å². The standard InChI is InChI=1S/C10H11NO3/c1-7-3-5-8(6-4-7)9(12)11(2)10(13)14/h3-6H,1-2H3,(H,13,14). The Morgan fingerprint density at radius 3 is 2.14 bits per heavy atom. The lowest BCUT2D eigenvalue weighted by Gasteiger charge is -2.10. The lowest BCUT2D eigenvalue weighted by Crippen LogP contribution is -2.31. The zero-order valence-corrected chi connectivity index (χ0v) is 8.02. The van der Waals surface area contributed by atoms with Crippen LogP contribution in [0, 0.1) is 6.92 Å². The first kappa shape index (κ1) is 10.2. The molecule has 1 aromatic rings. The summed E-state index contributed by atoms with van der Waals surface area (Å²) in [4.78, 5) is 22.6. The van der Waals surface area contributed by atoms with E-state index < -0.39 is 12.0 Å². The third-order valence-electron chi connectivity index (χ3n) is 1.89. The second kappa shape index (κ2) is 3.91. The maximum atomic E-state index is 11.4. The molecule has 0 saturated heterocycles. The van der Waals surface area contributed by atoms with E-state index in [0.29, 0.717) is 10.5 Å². The molecule has 0 bridgehead atoms. The Morgan fingerprint density at radius 1 is 1.21 bits per heavy atom. The van der Waals surface area contributed by atoms with Gasteiger partial charge in [-0.05, 0) is 19.1 Å². The van der Waals surface area contributed by atoms with Gasteiger partial charge in [0.2, 0.25) is 0 Å². The number of carboxylic acid groups (broad SMARTS) is 1. The first-order valence-electron chi connectivity index (χ1n) is 4.10. The summed E-state index contributed by atoms with van der Waals surface area (Å²) in [6.45, 7) is 1.90. The van der Waals surface area contributed by atoms with E-state index in [1.54, 1.807) is 24.3 Å². The van der Waals surface area contributed by atoms with Crippen LogP contribution in [0.4, 0.5) is 4.79 Å². The average Bonchev–Trinajstić information content (AvgIpc) is 2.16. The first-order valence-corrected chi connectivity index (χ1v) is 4.10. The van der Waals surface area contributed by atoms with Gasteiger partial charge in [-0.3, -0.25) is 4.79 Å². The van der Waals surface area contributed by atoms with Crippen molar-refractivity contribution < 1.29 is 14.7 Å². The molecule has 4 heteroatoms. The number of rotatable bonds is 1. The van der Waals surface area contributed by atoms with Crippen molar-refractivity contribution in [1.29, 1.82) is 0 Å². The summed E-state index contributed by atoms with van der Waals surface area (Å²) in [6.07, 6.45) is -1.25. The SMILES string of the molecule is Cc1ccc(C(=O)N(C)C(=O)O)cc1. The van der Waals surface area contributed by atoms with Gasteiger partial charge >= 0.3 is 6.09 Å². The lowest BCUT2D eigenvalue weighted by atomic mass is 10.1. The van der Waals surface area contributed by atoms with Gasteiger partial charge in [0.05, 0.1) is 0 Å². The molecule has 1 rings (SSSR count). The molecule has 4 nitrogen and oxygen atoms in total. The molecule has 2 amide bonds. The van der Waals surface area contributed by atoms with Gasteiger partial charge in [0.15, 0.2) is 0 Å². The second-order valence-electron chi connectivity index (χ2n) is 3.01. The maximum absolute atomic E-state index is 11.4. The molecule has 1 aromatic carbocycles. The lowest BCUT2D eigenvalue weighted by molar-refractivity contribution is 0.0782. The van der Waals surface area contributed by atoms with E-state index in [4.69, 9.17) is 5.11 Å². The number of nitrogens with zero attached hydrogens (tertiary/aromatic N) is 1. The minimum absolute atomic E-state index is 0.375. The molecule has 0 saturated carbocycles. The van der Waals surface area contributed by atoms with Crippen molar-refractivity contribution in [2.24, 2.45) is 0 Å². The molecule has 0 heterocycles. The Labute approximate surface area is 81.8 Å². The summed E-state index contributed by atoms with van der Waals surface area (Å²) < 4.78 is 0. The van der Waals surface area contributed by atoms with Crippen molar-refractivity contribution in [2.75, 3.05) is 7.05 Å². The summed E-state index contributed by atoms with van der Waals surface area (Å²) in [7, 11) is 1.23. The van der Waals surface area contributed by atoms with Crippen molar-refractivity contribution in [2.45, 2.75) is 6.92 Å². The van der Waals surface area contributed by atoms with E-state index in [0.717, 1.165) is 5.56 Å². The van der Waals surface area contributed by atoms with Gasteiger partial charge < -0.3 is 5.11 Å². The number of hydrogen-bond donors (Lipinski definition) is 1. The highest BCUT2D eigenvalue weighted by molar-refractivity contribution is 6.02. The summed E-state index contributed by atoms with van der Waals surface area (Å²) in [6, 6.07) is 6.75. The van der Waals surface area contributed by atoms with E-state index in [-0.39, 0.29) is 0 Å². The number of carbonyl (C=O) groups excluding carboxylic acids is 1. The Balaban J connectivity index is 2.90. The number of aryl methyl sites for hydroxylation is 1. The van der Waals surface area contributed by atoms with Crippen LogP contribution in [0.3, 0.4) is 0 Å². The fraction of sp³-hybridized carbons (Fsp3) is 0.200. The summed E-state index contributed by atoms with van der Waals surface area (Å²) in [5, 5.41) is 8.57. The molecule has 1 N–H and O–H groups in total. The molecule has 0 radical (unpaired) electrons. The van der Waals surface area contributed by atoms with Gasteiger partial charge in [-0.1, -0.05) is 17.7 Å². The van der Waals surface area contributed by atoms with Crippen molar-refractivity contribution in [1.82, 2.24) is 4.90 Å². The molecule has 0 aromatic heterocycles. The number of carbonyl (C=O) groups is 2. The highest BCUT2D eigenvalue weighted by Crippen LogP contribution is 2.05. The van der Waals surface area contributed by atoms with Crippen LogP contribution in [0.15, 0.2) is 24.3 Å². The van der Waals surface area contributed by atoms with Gasteiger partial charge in [-0.2, -0.15) is 0 Å². The highest BCUT2D eigenvalue weighted by Gasteiger charge is 2.16. The Bertz CT molecular complexity index is 356. The summed E-state index contributed by atoms with van der Waals surface area (Å²) in [5.41, 5.74) is 1.40. The third kappa shape index (κ3) is 2.10. The molecule has 0 aliphatic heterocycles. The fourth-order valence-electron chi connectivity index (χ4n) is 0.977. The van der Waals surface area contributed by atoms with Crippen molar-refractivity contribution in [3.05, 3.63) is 35.4 Å². The van der Waals surface area contributed by atoms with Crippen LogP contribution in [0.2, 0.25) is 0 Å². The molecule has 74 valence electrons. The zero-order valence-electron chi connectivity index (χ0n) is 8.02. The minimum Gasteiger partial charge on any atom is -0.465 e. The molecule has 0 spiro atoms. The third-order valence-corrected chi connectivity index (χ3v) is 1.89.